The van der Waals surface area contributed by atoms with Crippen molar-refractivity contribution >= 4 is 17.3 Å². The molecule has 0 radical (unpaired) electrons. The summed E-state index contributed by atoms with van der Waals surface area (Å²) in [6.45, 7) is 6.67. The second-order valence-corrected chi connectivity index (χ2v) is 5.50. The molecule has 0 amide bonds. The molecule has 0 saturated heterocycles. The van der Waals surface area contributed by atoms with E-state index in [0.717, 1.165) is 6.42 Å². The Hall–Kier alpha value is -1.81. The normalized spacial score (nSPS) is 12.2. The SMILES string of the molecule is CCCn1ncc(NC(C)c2ccccc2C)c(Cl)c1=O. The topological polar surface area (TPSA) is 46.9 Å². The zero-order chi connectivity index (χ0) is 15.4. The lowest BCUT2D eigenvalue weighted by molar-refractivity contribution is 0.568. The Kier molecular flexibility index (Phi) is 5.02. The van der Waals surface area contributed by atoms with E-state index in [9.17, 15) is 4.79 Å². The highest BCUT2D eigenvalue weighted by atomic mass is 35.5. The summed E-state index contributed by atoms with van der Waals surface area (Å²) in [5, 5.41) is 7.62. The third kappa shape index (κ3) is 3.45. The molecule has 112 valence electrons. The third-order valence-corrected chi connectivity index (χ3v) is 3.81. The first-order valence-corrected chi connectivity index (χ1v) is 7.50. The van der Waals surface area contributed by atoms with Gasteiger partial charge in [0.15, 0.2) is 0 Å². The second kappa shape index (κ2) is 6.76. The maximum Gasteiger partial charge on any atom is 0.287 e. The van der Waals surface area contributed by atoms with Crippen molar-refractivity contribution in [1.82, 2.24) is 9.78 Å². The van der Waals surface area contributed by atoms with Crippen LogP contribution in [0.3, 0.4) is 0 Å². The van der Waals surface area contributed by atoms with Gasteiger partial charge >= 0.3 is 0 Å². The molecule has 5 heteroatoms. The van der Waals surface area contributed by atoms with Crippen molar-refractivity contribution in [3.8, 4) is 0 Å². The highest BCUT2D eigenvalue weighted by Gasteiger charge is 2.13. The van der Waals surface area contributed by atoms with Gasteiger partial charge in [-0.15, -0.1) is 0 Å². The maximum absolute atomic E-state index is 12.1. The average molecular weight is 306 g/mol. The van der Waals surface area contributed by atoms with Crippen molar-refractivity contribution in [2.45, 2.75) is 39.8 Å². The van der Waals surface area contributed by atoms with Crippen molar-refractivity contribution in [1.29, 1.82) is 0 Å². The lowest BCUT2D eigenvalue weighted by atomic mass is 10.0. The van der Waals surface area contributed by atoms with E-state index >= 15 is 0 Å². The fourth-order valence-electron chi connectivity index (χ4n) is 2.32. The van der Waals surface area contributed by atoms with Gasteiger partial charge in [0, 0.05) is 12.6 Å². The second-order valence-electron chi connectivity index (χ2n) is 5.12. The van der Waals surface area contributed by atoms with Crippen LogP contribution in [0.4, 0.5) is 5.69 Å². The van der Waals surface area contributed by atoms with E-state index in [1.165, 1.54) is 15.8 Å². The number of anilines is 1. The summed E-state index contributed by atoms with van der Waals surface area (Å²) in [6, 6.07) is 8.18. The predicted molar refractivity (Wildman–Crippen MR) is 87.0 cm³/mol. The van der Waals surface area contributed by atoms with E-state index in [-0.39, 0.29) is 16.6 Å². The lowest BCUT2D eigenvalue weighted by Gasteiger charge is -2.18. The fraction of sp³-hybridized carbons (Fsp3) is 0.375. The number of hydrogen-bond donors (Lipinski definition) is 1. The van der Waals surface area contributed by atoms with E-state index in [1.807, 2.05) is 26.0 Å². The molecule has 0 saturated carbocycles. The first-order valence-electron chi connectivity index (χ1n) is 7.12. The molecule has 0 bridgehead atoms. The molecule has 2 rings (SSSR count). The molecule has 2 aromatic rings. The van der Waals surface area contributed by atoms with Gasteiger partial charge in [0.25, 0.3) is 5.56 Å². The Morgan fingerprint density at radius 3 is 2.76 bits per heavy atom. The molecular weight excluding hydrogens is 286 g/mol. The van der Waals surface area contributed by atoms with E-state index < -0.39 is 0 Å². The van der Waals surface area contributed by atoms with Crippen LogP contribution in [-0.4, -0.2) is 9.78 Å². The Morgan fingerprint density at radius 2 is 2.10 bits per heavy atom. The number of rotatable bonds is 5. The number of aryl methyl sites for hydroxylation is 2. The Labute approximate surface area is 129 Å². The van der Waals surface area contributed by atoms with Crippen molar-refractivity contribution in [3.63, 3.8) is 0 Å². The van der Waals surface area contributed by atoms with Crippen LogP contribution in [0.15, 0.2) is 35.3 Å². The Bertz CT molecular complexity index is 681. The first-order chi connectivity index (χ1) is 10.0. The van der Waals surface area contributed by atoms with Crippen LogP contribution in [0.1, 0.15) is 37.4 Å². The number of nitrogens with one attached hydrogen (secondary N) is 1. The molecule has 1 unspecified atom stereocenters. The van der Waals surface area contributed by atoms with Gasteiger partial charge in [-0.3, -0.25) is 4.79 Å². The molecule has 0 aliphatic heterocycles. The molecule has 1 N–H and O–H groups in total. The van der Waals surface area contributed by atoms with Crippen LogP contribution in [0, 0.1) is 6.92 Å². The highest BCUT2D eigenvalue weighted by Crippen LogP contribution is 2.24. The quantitative estimate of drug-likeness (QED) is 0.914. The molecule has 0 fully saturated rings. The zero-order valence-corrected chi connectivity index (χ0v) is 13.3. The van der Waals surface area contributed by atoms with Crippen molar-refractivity contribution in [2.24, 2.45) is 0 Å². The lowest BCUT2D eigenvalue weighted by Crippen LogP contribution is -2.24. The molecule has 1 aromatic heterocycles. The fourth-order valence-corrected chi connectivity index (χ4v) is 2.52. The minimum Gasteiger partial charge on any atom is -0.376 e. The minimum atomic E-state index is -0.250. The summed E-state index contributed by atoms with van der Waals surface area (Å²) in [6.07, 6.45) is 2.46. The number of benzene rings is 1. The number of hydrogen-bond acceptors (Lipinski definition) is 3. The zero-order valence-electron chi connectivity index (χ0n) is 12.6. The summed E-state index contributed by atoms with van der Waals surface area (Å²) < 4.78 is 1.39. The number of halogens is 1. The smallest absolute Gasteiger partial charge is 0.287 e. The first kappa shape index (κ1) is 15.6. The van der Waals surface area contributed by atoms with Gasteiger partial charge in [0.2, 0.25) is 0 Å². The summed E-state index contributed by atoms with van der Waals surface area (Å²) >= 11 is 6.17. The predicted octanol–water partition coefficient (Wildman–Crippen LogP) is 3.79. The summed E-state index contributed by atoms with van der Waals surface area (Å²) in [5.41, 5.74) is 2.69. The van der Waals surface area contributed by atoms with Crippen LogP contribution < -0.4 is 10.9 Å². The number of nitrogens with zero attached hydrogens (tertiary/aromatic N) is 2. The molecule has 0 spiro atoms. The van der Waals surface area contributed by atoms with E-state index in [1.54, 1.807) is 6.20 Å². The number of aromatic nitrogens is 2. The minimum absolute atomic E-state index is 0.0481. The summed E-state index contributed by atoms with van der Waals surface area (Å²) in [7, 11) is 0. The molecule has 1 heterocycles. The van der Waals surface area contributed by atoms with Crippen LogP contribution in [0.5, 0.6) is 0 Å². The van der Waals surface area contributed by atoms with Crippen molar-refractivity contribution in [3.05, 3.63) is 57.0 Å². The Morgan fingerprint density at radius 1 is 1.38 bits per heavy atom. The van der Waals surface area contributed by atoms with Gasteiger partial charge in [-0.2, -0.15) is 5.10 Å². The molecule has 1 atom stereocenters. The van der Waals surface area contributed by atoms with E-state index in [4.69, 9.17) is 11.6 Å². The van der Waals surface area contributed by atoms with Gasteiger partial charge in [0.1, 0.15) is 5.02 Å². The largest absolute Gasteiger partial charge is 0.376 e. The summed E-state index contributed by atoms with van der Waals surface area (Å²) in [5.74, 6) is 0. The molecule has 4 nitrogen and oxygen atoms in total. The van der Waals surface area contributed by atoms with Crippen molar-refractivity contribution in [2.75, 3.05) is 5.32 Å². The molecule has 21 heavy (non-hydrogen) atoms. The van der Waals surface area contributed by atoms with E-state index in [0.29, 0.717) is 12.2 Å². The Balaban J connectivity index is 2.26. The van der Waals surface area contributed by atoms with E-state index in [2.05, 4.69) is 29.5 Å². The highest BCUT2D eigenvalue weighted by molar-refractivity contribution is 6.32. The van der Waals surface area contributed by atoms with Crippen LogP contribution in [0.25, 0.3) is 0 Å². The molecular formula is C16H20ClN3O. The summed E-state index contributed by atoms with van der Waals surface area (Å²) in [4.78, 5) is 12.1. The third-order valence-electron chi connectivity index (χ3n) is 3.45. The molecule has 0 aliphatic rings. The monoisotopic (exact) mass is 305 g/mol. The van der Waals surface area contributed by atoms with Gasteiger partial charge < -0.3 is 5.32 Å². The molecule has 0 aliphatic carbocycles. The van der Waals surface area contributed by atoms with Crippen LogP contribution in [0.2, 0.25) is 5.02 Å². The van der Waals surface area contributed by atoms with Gasteiger partial charge in [0.05, 0.1) is 11.9 Å². The maximum atomic E-state index is 12.1. The van der Waals surface area contributed by atoms with Crippen LogP contribution >= 0.6 is 11.6 Å². The van der Waals surface area contributed by atoms with Crippen LogP contribution in [-0.2, 0) is 6.54 Å². The van der Waals surface area contributed by atoms with Gasteiger partial charge in [-0.05, 0) is 31.4 Å². The molecule has 1 aromatic carbocycles. The average Bonchev–Trinajstić information content (AvgIpc) is 2.47. The van der Waals surface area contributed by atoms with Crippen molar-refractivity contribution < 1.29 is 0 Å². The van der Waals surface area contributed by atoms with Gasteiger partial charge in [-0.1, -0.05) is 42.8 Å². The van der Waals surface area contributed by atoms with Gasteiger partial charge in [-0.25, -0.2) is 4.68 Å². The standard InChI is InChI=1S/C16H20ClN3O/c1-4-9-20-16(21)15(17)14(10-18-20)19-12(3)13-8-6-5-7-11(13)2/h5-8,10,12,19H,4,9H2,1-3H3.